The molecule has 2 aliphatic rings. The van der Waals surface area contributed by atoms with Crippen LogP contribution < -0.4 is 10.6 Å². The second-order valence-corrected chi connectivity index (χ2v) is 5.51. The Morgan fingerprint density at radius 1 is 1.21 bits per heavy atom. The van der Waals surface area contributed by atoms with E-state index in [1.165, 1.54) is 25.7 Å². The molecule has 0 radical (unpaired) electrons. The first-order valence-corrected chi connectivity index (χ1v) is 7.10. The van der Waals surface area contributed by atoms with Crippen LogP contribution in [0.5, 0.6) is 0 Å². The van der Waals surface area contributed by atoms with Gasteiger partial charge in [0, 0.05) is 6.54 Å². The number of nitrogens with one attached hydrogen (secondary N) is 2. The lowest BCUT2D eigenvalue weighted by molar-refractivity contribution is -0.140. The highest BCUT2D eigenvalue weighted by Crippen LogP contribution is 2.26. The summed E-state index contributed by atoms with van der Waals surface area (Å²) in [4.78, 5) is 22.4. The first kappa shape index (κ1) is 13.9. The maximum absolute atomic E-state index is 11.6. The Kier molecular flexibility index (Phi) is 4.82. The fourth-order valence-corrected chi connectivity index (χ4v) is 2.90. The minimum Gasteiger partial charge on any atom is -0.481 e. The smallest absolute Gasteiger partial charge is 0.315 e. The number of hydrogen-bond donors (Lipinski definition) is 3. The van der Waals surface area contributed by atoms with E-state index in [9.17, 15) is 9.59 Å². The van der Waals surface area contributed by atoms with Gasteiger partial charge in [0.2, 0.25) is 0 Å². The Bertz CT molecular complexity index is 362. The predicted octanol–water partition coefficient (Wildman–Crippen LogP) is 1.90. The fourth-order valence-electron chi connectivity index (χ4n) is 2.90. The van der Waals surface area contributed by atoms with Crippen LogP contribution in [0.3, 0.4) is 0 Å². The van der Waals surface area contributed by atoms with Gasteiger partial charge >= 0.3 is 12.0 Å². The van der Waals surface area contributed by atoms with Crippen LogP contribution in [0, 0.1) is 11.8 Å². The predicted molar refractivity (Wildman–Crippen MR) is 71.8 cm³/mol. The zero-order valence-corrected chi connectivity index (χ0v) is 11.1. The van der Waals surface area contributed by atoms with E-state index >= 15 is 0 Å². The summed E-state index contributed by atoms with van der Waals surface area (Å²) in [5, 5.41) is 14.5. The zero-order valence-electron chi connectivity index (χ0n) is 11.1. The number of hydrogen-bond acceptors (Lipinski definition) is 2. The first-order valence-electron chi connectivity index (χ1n) is 7.10. The summed E-state index contributed by atoms with van der Waals surface area (Å²) in [6.45, 7) is 0.704. The van der Waals surface area contributed by atoms with Gasteiger partial charge in [-0.2, -0.15) is 0 Å². The normalized spacial score (nSPS) is 26.5. The molecule has 3 N–H and O–H groups in total. The summed E-state index contributed by atoms with van der Waals surface area (Å²) in [5.74, 6) is -0.533. The van der Waals surface area contributed by atoms with Gasteiger partial charge in [-0.1, -0.05) is 37.8 Å². The molecule has 106 valence electrons. The van der Waals surface area contributed by atoms with Crippen LogP contribution in [0.15, 0.2) is 12.2 Å². The van der Waals surface area contributed by atoms with Crippen molar-refractivity contribution in [3.05, 3.63) is 12.2 Å². The molecule has 2 rings (SSSR count). The average molecular weight is 266 g/mol. The van der Waals surface area contributed by atoms with Gasteiger partial charge in [0.1, 0.15) is 0 Å². The first-order chi connectivity index (χ1) is 9.15. The second kappa shape index (κ2) is 6.59. The molecule has 2 amide bonds. The summed E-state index contributed by atoms with van der Waals surface area (Å²) < 4.78 is 0. The van der Waals surface area contributed by atoms with Crippen LogP contribution in [0.4, 0.5) is 4.79 Å². The minimum absolute atomic E-state index is 0.160. The lowest BCUT2D eigenvalue weighted by Gasteiger charge is -2.14. The van der Waals surface area contributed by atoms with Crippen LogP contribution >= 0.6 is 0 Å². The molecule has 0 aliphatic heterocycles. The van der Waals surface area contributed by atoms with Gasteiger partial charge < -0.3 is 15.7 Å². The Balaban J connectivity index is 1.59. The highest BCUT2D eigenvalue weighted by molar-refractivity contribution is 5.76. The maximum Gasteiger partial charge on any atom is 0.315 e. The quantitative estimate of drug-likeness (QED) is 0.665. The SMILES string of the molecule is O=C(NCCC1CCCC1)NC1C=CC(C(=O)O)C1. The molecular weight excluding hydrogens is 244 g/mol. The van der Waals surface area contributed by atoms with Crippen molar-refractivity contribution in [3.8, 4) is 0 Å². The van der Waals surface area contributed by atoms with E-state index in [4.69, 9.17) is 5.11 Å². The van der Waals surface area contributed by atoms with E-state index in [1.54, 1.807) is 12.2 Å². The van der Waals surface area contributed by atoms with Gasteiger partial charge in [-0.3, -0.25) is 4.79 Å². The zero-order chi connectivity index (χ0) is 13.7. The topological polar surface area (TPSA) is 78.4 Å². The maximum atomic E-state index is 11.6. The molecule has 0 spiro atoms. The van der Waals surface area contributed by atoms with Crippen molar-refractivity contribution >= 4 is 12.0 Å². The molecule has 5 heteroatoms. The van der Waals surface area contributed by atoms with Gasteiger partial charge in [-0.25, -0.2) is 4.79 Å². The summed E-state index contributed by atoms with van der Waals surface area (Å²) in [5.41, 5.74) is 0. The van der Waals surface area contributed by atoms with E-state index < -0.39 is 11.9 Å². The molecule has 19 heavy (non-hydrogen) atoms. The van der Waals surface area contributed by atoms with Crippen molar-refractivity contribution in [2.24, 2.45) is 11.8 Å². The van der Waals surface area contributed by atoms with Gasteiger partial charge in [0.25, 0.3) is 0 Å². The molecule has 2 atom stereocenters. The largest absolute Gasteiger partial charge is 0.481 e. The molecule has 0 bridgehead atoms. The summed E-state index contributed by atoms with van der Waals surface area (Å²) in [6.07, 6.45) is 10.1. The lowest BCUT2D eigenvalue weighted by Crippen LogP contribution is -2.41. The molecule has 0 aromatic carbocycles. The molecule has 5 nitrogen and oxygen atoms in total. The molecule has 0 aromatic heterocycles. The summed E-state index contributed by atoms with van der Waals surface area (Å²) >= 11 is 0. The molecule has 1 fully saturated rings. The number of aliphatic carboxylic acids is 1. The highest BCUT2D eigenvalue weighted by atomic mass is 16.4. The Hall–Kier alpha value is -1.52. The van der Waals surface area contributed by atoms with E-state index in [0.717, 1.165) is 12.3 Å². The number of carboxylic acids is 1. The Morgan fingerprint density at radius 3 is 2.58 bits per heavy atom. The third kappa shape index (κ3) is 4.26. The van der Waals surface area contributed by atoms with E-state index in [-0.39, 0.29) is 12.1 Å². The van der Waals surface area contributed by atoms with Crippen LogP contribution in [0.25, 0.3) is 0 Å². The molecule has 2 aliphatic carbocycles. The molecule has 0 saturated heterocycles. The molecular formula is C14H22N2O3. The number of carboxylic acid groups (broad SMARTS) is 1. The Morgan fingerprint density at radius 2 is 1.95 bits per heavy atom. The number of amides is 2. The van der Waals surface area contributed by atoms with Gasteiger partial charge in [0.15, 0.2) is 0 Å². The van der Waals surface area contributed by atoms with Crippen molar-refractivity contribution in [1.29, 1.82) is 0 Å². The van der Waals surface area contributed by atoms with Crippen molar-refractivity contribution in [2.75, 3.05) is 6.54 Å². The standard InChI is InChI=1S/C14H22N2O3/c17-13(18)11-5-6-12(9-11)16-14(19)15-8-7-10-3-1-2-4-10/h5-6,10-12H,1-4,7-9H2,(H,17,18)(H2,15,16,19). The molecule has 0 aromatic rings. The monoisotopic (exact) mass is 266 g/mol. The third-order valence-corrected chi connectivity index (χ3v) is 4.03. The van der Waals surface area contributed by atoms with Crippen LogP contribution in [0.2, 0.25) is 0 Å². The minimum atomic E-state index is -0.831. The van der Waals surface area contributed by atoms with Gasteiger partial charge in [-0.15, -0.1) is 0 Å². The molecule has 0 heterocycles. The average Bonchev–Trinajstić information content (AvgIpc) is 3.00. The summed E-state index contributed by atoms with van der Waals surface area (Å²) in [7, 11) is 0. The van der Waals surface area contributed by atoms with Crippen molar-refractivity contribution in [1.82, 2.24) is 10.6 Å². The molecule has 1 saturated carbocycles. The van der Waals surface area contributed by atoms with Crippen LogP contribution in [-0.2, 0) is 4.79 Å². The van der Waals surface area contributed by atoms with Crippen molar-refractivity contribution < 1.29 is 14.7 Å². The fraction of sp³-hybridized carbons (Fsp3) is 0.714. The highest BCUT2D eigenvalue weighted by Gasteiger charge is 2.25. The van der Waals surface area contributed by atoms with Crippen LogP contribution in [-0.4, -0.2) is 29.7 Å². The van der Waals surface area contributed by atoms with E-state index in [1.807, 2.05) is 0 Å². The van der Waals surface area contributed by atoms with Crippen molar-refractivity contribution in [2.45, 2.75) is 44.6 Å². The summed E-state index contributed by atoms with van der Waals surface area (Å²) in [6, 6.07) is -0.355. The van der Waals surface area contributed by atoms with Crippen LogP contribution in [0.1, 0.15) is 38.5 Å². The molecule has 2 unspecified atom stereocenters. The van der Waals surface area contributed by atoms with Crippen molar-refractivity contribution in [3.63, 3.8) is 0 Å². The second-order valence-electron chi connectivity index (χ2n) is 5.51. The third-order valence-electron chi connectivity index (χ3n) is 4.03. The number of carbonyl (C=O) groups is 2. The number of rotatable bonds is 5. The lowest BCUT2D eigenvalue weighted by atomic mass is 10.0. The van der Waals surface area contributed by atoms with E-state index in [0.29, 0.717) is 13.0 Å². The van der Waals surface area contributed by atoms with E-state index in [2.05, 4.69) is 10.6 Å². The van der Waals surface area contributed by atoms with Gasteiger partial charge in [-0.05, 0) is 18.8 Å². The van der Waals surface area contributed by atoms with Gasteiger partial charge in [0.05, 0.1) is 12.0 Å². The number of carbonyl (C=O) groups excluding carboxylic acids is 1. The number of urea groups is 1. The Labute approximate surface area is 113 Å².